The second kappa shape index (κ2) is 7.99. The molecule has 5 nitrogen and oxygen atoms in total. The summed E-state index contributed by atoms with van der Waals surface area (Å²) < 4.78 is 26.7. The van der Waals surface area contributed by atoms with E-state index in [9.17, 15) is 13.2 Å². The predicted molar refractivity (Wildman–Crippen MR) is 106 cm³/mol. The van der Waals surface area contributed by atoms with Crippen molar-refractivity contribution in [2.75, 3.05) is 21.9 Å². The number of nitrogens with zero attached hydrogens (tertiary/aromatic N) is 1. The molecule has 0 radical (unpaired) electrons. The van der Waals surface area contributed by atoms with E-state index in [2.05, 4.69) is 5.32 Å². The highest BCUT2D eigenvalue weighted by Crippen LogP contribution is 2.35. The van der Waals surface area contributed by atoms with E-state index < -0.39 is 10.0 Å². The van der Waals surface area contributed by atoms with Gasteiger partial charge in [0.05, 0.1) is 11.4 Å². The number of nitrogens with one attached hydrogen (secondary N) is 1. The number of amides is 1. The fraction of sp³-hybridized carbons (Fsp3) is 0.650. The number of hydrogen-bond acceptors (Lipinski definition) is 3. The fourth-order valence-electron chi connectivity index (χ4n) is 4.08. The largest absolute Gasteiger partial charge is 0.326 e. The molecule has 1 unspecified atom stereocenters. The Balaban J connectivity index is 1.73. The number of rotatable bonds is 7. The summed E-state index contributed by atoms with van der Waals surface area (Å²) in [7, 11) is -3.29. The Kier molecular flexibility index (Phi) is 5.90. The Hall–Kier alpha value is -1.56. The Morgan fingerprint density at radius 2 is 2.04 bits per heavy atom. The first-order valence-corrected chi connectivity index (χ1v) is 11.5. The van der Waals surface area contributed by atoms with Gasteiger partial charge in [-0.05, 0) is 49.3 Å². The molecule has 1 heterocycles. The van der Waals surface area contributed by atoms with Crippen LogP contribution in [0.15, 0.2) is 18.2 Å². The van der Waals surface area contributed by atoms with E-state index in [1.165, 1.54) is 17.1 Å². The van der Waals surface area contributed by atoms with Gasteiger partial charge in [0.25, 0.3) is 0 Å². The standard InChI is InChI=1S/C20H30N2O3S/c1-3-4-13-26(24,25)22-12-11-17-9-10-18(14-19(17)22)21-20(23)15(2)16-7-5-6-8-16/h9-10,14-16H,3-8,11-13H2,1-2H3,(H,21,23). The first-order valence-electron chi connectivity index (χ1n) is 9.86. The molecule has 1 amide bonds. The van der Waals surface area contributed by atoms with Gasteiger partial charge in [0.2, 0.25) is 15.9 Å². The van der Waals surface area contributed by atoms with Crippen molar-refractivity contribution in [3.05, 3.63) is 23.8 Å². The van der Waals surface area contributed by atoms with E-state index in [0.29, 0.717) is 24.6 Å². The second-order valence-electron chi connectivity index (χ2n) is 7.66. The molecular weight excluding hydrogens is 348 g/mol. The fourth-order valence-corrected chi connectivity index (χ4v) is 5.79. The van der Waals surface area contributed by atoms with Gasteiger partial charge < -0.3 is 5.32 Å². The average molecular weight is 379 g/mol. The molecule has 0 aromatic heterocycles. The lowest BCUT2D eigenvalue weighted by atomic mass is 9.92. The molecule has 1 atom stereocenters. The average Bonchev–Trinajstić information content (AvgIpc) is 3.28. The van der Waals surface area contributed by atoms with Crippen LogP contribution >= 0.6 is 0 Å². The van der Waals surface area contributed by atoms with Crippen molar-refractivity contribution >= 4 is 27.3 Å². The molecule has 3 rings (SSSR count). The van der Waals surface area contributed by atoms with Crippen LogP contribution in [0.4, 0.5) is 11.4 Å². The third-order valence-electron chi connectivity index (χ3n) is 5.82. The van der Waals surface area contributed by atoms with Crippen molar-refractivity contribution in [2.24, 2.45) is 11.8 Å². The van der Waals surface area contributed by atoms with Crippen LogP contribution < -0.4 is 9.62 Å². The number of carbonyl (C=O) groups is 1. The molecule has 0 spiro atoms. The Bertz CT molecular complexity index is 754. The van der Waals surface area contributed by atoms with Crippen molar-refractivity contribution in [2.45, 2.75) is 58.8 Å². The quantitative estimate of drug-likeness (QED) is 0.781. The zero-order valence-electron chi connectivity index (χ0n) is 15.8. The molecule has 1 aliphatic carbocycles. The first-order chi connectivity index (χ1) is 12.4. The molecule has 26 heavy (non-hydrogen) atoms. The third-order valence-corrected chi connectivity index (χ3v) is 7.67. The zero-order valence-corrected chi connectivity index (χ0v) is 16.6. The van der Waals surface area contributed by atoms with Crippen LogP contribution in [0, 0.1) is 11.8 Å². The first kappa shape index (κ1) is 19.2. The van der Waals surface area contributed by atoms with Gasteiger partial charge in [-0.15, -0.1) is 0 Å². The molecule has 1 aliphatic heterocycles. The maximum absolute atomic E-state index is 12.6. The van der Waals surface area contributed by atoms with Crippen molar-refractivity contribution in [3.63, 3.8) is 0 Å². The van der Waals surface area contributed by atoms with Gasteiger partial charge in [0.1, 0.15) is 0 Å². The molecule has 0 bridgehead atoms. The molecule has 1 aromatic rings. The lowest BCUT2D eigenvalue weighted by Crippen LogP contribution is -2.31. The molecule has 1 aromatic carbocycles. The summed E-state index contributed by atoms with van der Waals surface area (Å²) in [6.45, 7) is 4.49. The van der Waals surface area contributed by atoms with Crippen molar-refractivity contribution in [1.29, 1.82) is 0 Å². The van der Waals surface area contributed by atoms with Gasteiger partial charge in [0.15, 0.2) is 0 Å². The summed E-state index contributed by atoms with van der Waals surface area (Å²) in [5.41, 5.74) is 2.45. The summed E-state index contributed by atoms with van der Waals surface area (Å²) in [5.74, 6) is 0.679. The number of unbranched alkanes of at least 4 members (excludes halogenated alkanes) is 1. The highest BCUT2D eigenvalue weighted by Gasteiger charge is 2.30. The van der Waals surface area contributed by atoms with E-state index >= 15 is 0 Å². The van der Waals surface area contributed by atoms with Crippen molar-refractivity contribution in [3.8, 4) is 0 Å². The summed E-state index contributed by atoms with van der Waals surface area (Å²) in [6.07, 6.45) is 6.94. The second-order valence-corrected chi connectivity index (χ2v) is 9.67. The van der Waals surface area contributed by atoms with Crippen LogP contribution in [0.3, 0.4) is 0 Å². The van der Waals surface area contributed by atoms with Crippen LogP contribution in [0.5, 0.6) is 0 Å². The van der Waals surface area contributed by atoms with Gasteiger partial charge in [-0.25, -0.2) is 8.42 Å². The molecule has 1 N–H and O–H groups in total. The van der Waals surface area contributed by atoms with E-state index in [1.807, 2.05) is 32.0 Å². The molecule has 1 fully saturated rings. The minimum Gasteiger partial charge on any atom is -0.326 e. The van der Waals surface area contributed by atoms with Gasteiger partial charge in [-0.2, -0.15) is 0 Å². The lowest BCUT2D eigenvalue weighted by Gasteiger charge is -2.21. The topological polar surface area (TPSA) is 66.5 Å². The van der Waals surface area contributed by atoms with Crippen LogP contribution in [0.1, 0.15) is 57.9 Å². The summed E-state index contributed by atoms with van der Waals surface area (Å²) in [5, 5.41) is 3.00. The number of fused-ring (bicyclic) bond motifs is 1. The van der Waals surface area contributed by atoms with Gasteiger partial charge in [-0.3, -0.25) is 9.10 Å². The SMILES string of the molecule is CCCCS(=O)(=O)N1CCc2ccc(NC(=O)C(C)C3CCCC3)cc21. The van der Waals surface area contributed by atoms with Crippen LogP contribution in [0.25, 0.3) is 0 Å². The Morgan fingerprint density at radius 3 is 2.73 bits per heavy atom. The Labute approximate surface area is 157 Å². The number of carbonyl (C=O) groups excluding carboxylic acids is 1. The lowest BCUT2D eigenvalue weighted by molar-refractivity contribution is -0.120. The Morgan fingerprint density at radius 1 is 1.31 bits per heavy atom. The van der Waals surface area contributed by atoms with Gasteiger partial charge >= 0.3 is 0 Å². The molecule has 144 valence electrons. The zero-order chi connectivity index (χ0) is 18.7. The third kappa shape index (κ3) is 4.05. The summed E-state index contributed by atoms with van der Waals surface area (Å²) >= 11 is 0. The van der Waals surface area contributed by atoms with Crippen LogP contribution in [0.2, 0.25) is 0 Å². The minimum atomic E-state index is -3.29. The molecule has 2 aliphatic rings. The number of benzene rings is 1. The summed E-state index contributed by atoms with van der Waals surface area (Å²) in [4.78, 5) is 12.6. The number of hydrogen-bond donors (Lipinski definition) is 1. The predicted octanol–water partition coefficient (Wildman–Crippen LogP) is 3.94. The van der Waals surface area contributed by atoms with Crippen LogP contribution in [-0.4, -0.2) is 26.6 Å². The van der Waals surface area contributed by atoms with E-state index in [1.54, 1.807) is 0 Å². The maximum atomic E-state index is 12.6. The monoisotopic (exact) mass is 378 g/mol. The van der Waals surface area contributed by atoms with Crippen molar-refractivity contribution < 1.29 is 13.2 Å². The van der Waals surface area contributed by atoms with E-state index in [0.717, 1.165) is 36.9 Å². The van der Waals surface area contributed by atoms with Gasteiger partial charge in [-0.1, -0.05) is 39.2 Å². The highest BCUT2D eigenvalue weighted by atomic mass is 32.2. The minimum absolute atomic E-state index is 0.00450. The molecular formula is C20H30N2O3S. The maximum Gasteiger partial charge on any atom is 0.235 e. The van der Waals surface area contributed by atoms with E-state index in [-0.39, 0.29) is 17.6 Å². The van der Waals surface area contributed by atoms with Crippen molar-refractivity contribution in [1.82, 2.24) is 0 Å². The number of sulfonamides is 1. The smallest absolute Gasteiger partial charge is 0.235 e. The molecule has 0 saturated heterocycles. The molecule has 1 saturated carbocycles. The van der Waals surface area contributed by atoms with Crippen LogP contribution in [-0.2, 0) is 21.2 Å². The van der Waals surface area contributed by atoms with Gasteiger partial charge in [0, 0.05) is 18.2 Å². The normalized spacial score (nSPS) is 18.8. The molecule has 6 heteroatoms. The number of anilines is 2. The van der Waals surface area contributed by atoms with E-state index in [4.69, 9.17) is 0 Å². The summed E-state index contributed by atoms with van der Waals surface area (Å²) in [6, 6.07) is 5.66. The highest BCUT2D eigenvalue weighted by molar-refractivity contribution is 7.92.